The molecule has 1 amide bonds. The second kappa shape index (κ2) is 6.46. The van der Waals surface area contributed by atoms with Crippen molar-refractivity contribution in [3.05, 3.63) is 75.8 Å². The average molecular weight is 412 g/mol. The molecule has 0 aliphatic carbocycles. The first-order valence-electron chi connectivity index (χ1n) is 7.71. The van der Waals surface area contributed by atoms with Gasteiger partial charge in [0.25, 0.3) is 5.91 Å². The number of hydrogen-bond acceptors (Lipinski definition) is 3. The van der Waals surface area contributed by atoms with E-state index < -0.39 is 0 Å². The molecule has 0 spiro atoms. The zero-order valence-corrected chi connectivity index (χ0v) is 15.8. The third kappa shape index (κ3) is 3.36. The van der Waals surface area contributed by atoms with E-state index in [1.54, 1.807) is 23.5 Å². The first-order valence-corrected chi connectivity index (χ1v) is 9.32. The van der Waals surface area contributed by atoms with E-state index >= 15 is 0 Å². The molecule has 4 rings (SSSR count). The van der Waals surface area contributed by atoms with Crippen LogP contribution in [0.2, 0.25) is 0 Å². The minimum absolute atomic E-state index is 0.139. The van der Waals surface area contributed by atoms with Crippen molar-refractivity contribution in [2.75, 3.05) is 5.32 Å². The molecule has 0 radical (unpaired) electrons. The number of carbonyl (C=O) groups is 1. The Bertz CT molecular complexity index is 1050. The molecule has 2 heterocycles. The highest BCUT2D eigenvalue weighted by molar-refractivity contribution is 9.10. The van der Waals surface area contributed by atoms with Crippen molar-refractivity contribution in [1.82, 2.24) is 9.38 Å². The summed E-state index contributed by atoms with van der Waals surface area (Å²) in [6.07, 6.45) is 4.07. The molecule has 0 unspecified atom stereocenters. The number of hydrogen-bond donors (Lipinski definition) is 1. The SMILES string of the molecule is Cc1cn2cc(-c3cccc(NC(=O)c4cccc(Br)c4)c3)nc2s1. The maximum atomic E-state index is 12.4. The summed E-state index contributed by atoms with van der Waals surface area (Å²) in [4.78, 5) is 19.3. The van der Waals surface area contributed by atoms with E-state index in [0.29, 0.717) is 5.56 Å². The van der Waals surface area contributed by atoms with Gasteiger partial charge < -0.3 is 5.32 Å². The molecule has 4 nitrogen and oxygen atoms in total. The van der Waals surface area contributed by atoms with E-state index in [-0.39, 0.29) is 5.91 Å². The van der Waals surface area contributed by atoms with Crippen molar-refractivity contribution in [3.8, 4) is 11.3 Å². The molecular weight excluding hydrogens is 398 g/mol. The molecule has 0 bridgehead atoms. The summed E-state index contributed by atoms with van der Waals surface area (Å²) in [7, 11) is 0. The number of anilines is 1. The highest BCUT2D eigenvalue weighted by Crippen LogP contribution is 2.25. The molecule has 6 heteroatoms. The molecule has 0 saturated heterocycles. The topological polar surface area (TPSA) is 46.4 Å². The quantitative estimate of drug-likeness (QED) is 0.491. The summed E-state index contributed by atoms with van der Waals surface area (Å²) in [6, 6.07) is 15.1. The Balaban J connectivity index is 1.60. The van der Waals surface area contributed by atoms with Crippen LogP contribution in [0.5, 0.6) is 0 Å². The first kappa shape index (κ1) is 16.1. The van der Waals surface area contributed by atoms with E-state index in [4.69, 9.17) is 0 Å². The van der Waals surface area contributed by atoms with Gasteiger partial charge in [0.1, 0.15) is 0 Å². The van der Waals surface area contributed by atoms with Crippen molar-refractivity contribution in [2.24, 2.45) is 0 Å². The molecule has 0 atom stereocenters. The Hall–Kier alpha value is -2.44. The lowest BCUT2D eigenvalue weighted by Gasteiger charge is -2.07. The number of carbonyl (C=O) groups excluding carboxylic acids is 1. The molecule has 0 aliphatic rings. The van der Waals surface area contributed by atoms with Crippen LogP contribution in [0.25, 0.3) is 16.2 Å². The first-order chi connectivity index (χ1) is 12.1. The number of aryl methyl sites for hydroxylation is 1. The molecule has 2 aromatic carbocycles. The highest BCUT2D eigenvalue weighted by atomic mass is 79.9. The summed E-state index contributed by atoms with van der Waals surface area (Å²) in [5.74, 6) is -0.139. The monoisotopic (exact) mass is 411 g/mol. The predicted molar refractivity (Wildman–Crippen MR) is 105 cm³/mol. The fourth-order valence-corrected chi connectivity index (χ4v) is 3.85. The standard InChI is InChI=1S/C19H14BrN3OS/c1-12-10-23-11-17(22-19(23)25-12)13-4-3-7-16(9-13)21-18(24)14-5-2-6-15(20)8-14/h2-11H,1H3,(H,21,24). The van der Waals surface area contributed by atoms with E-state index in [9.17, 15) is 4.79 Å². The van der Waals surface area contributed by atoms with Crippen LogP contribution in [-0.2, 0) is 0 Å². The van der Waals surface area contributed by atoms with Crippen LogP contribution in [0.1, 0.15) is 15.2 Å². The maximum absolute atomic E-state index is 12.4. The van der Waals surface area contributed by atoms with Gasteiger partial charge in [0.15, 0.2) is 4.96 Å². The molecule has 0 saturated carbocycles. The molecule has 25 heavy (non-hydrogen) atoms. The van der Waals surface area contributed by atoms with E-state index in [0.717, 1.165) is 26.4 Å². The maximum Gasteiger partial charge on any atom is 0.255 e. The van der Waals surface area contributed by atoms with E-state index in [1.807, 2.05) is 47.0 Å². The summed E-state index contributed by atoms with van der Waals surface area (Å²) < 4.78 is 2.91. The second-order valence-corrected chi connectivity index (χ2v) is 7.83. The van der Waals surface area contributed by atoms with E-state index in [2.05, 4.69) is 39.4 Å². The van der Waals surface area contributed by atoms with Gasteiger partial charge in [0.2, 0.25) is 0 Å². The lowest BCUT2D eigenvalue weighted by molar-refractivity contribution is 0.102. The van der Waals surface area contributed by atoms with Crippen LogP contribution in [0.3, 0.4) is 0 Å². The lowest BCUT2D eigenvalue weighted by atomic mass is 10.1. The van der Waals surface area contributed by atoms with Gasteiger partial charge in [-0.15, -0.1) is 11.3 Å². The Morgan fingerprint density at radius 3 is 2.80 bits per heavy atom. The van der Waals surface area contributed by atoms with Gasteiger partial charge in [-0.2, -0.15) is 0 Å². The number of nitrogens with one attached hydrogen (secondary N) is 1. The molecule has 4 aromatic rings. The van der Waals surface area contributed by atoms with Gasteiger partial charge in [-0.3, -0.25) is 9.20 Å². The fraction of sp³-hybridized carbons (Fsp3) is 0.0526. The van der Waals surface area contributed by atoms with Crippen LogP contribution in [0.15, 0.2) is 65.4 Å². The van der Waals surface area contributed by atoms with Gasteiger partial charge in [-0.25, -0.2) is 4.98 Å². The van der Waals surface area contributed by atoms with Crippen LogP contribution in [0.4, 0.5) is 5.69 Å². The Kier molecular flexibility index (Phi) is 4.15. The molecule has 1 N–H and O–H groups in total. The second-order valence-electron chi connectivity index (χ2n) is 5.70. The Morgan fingerprint density at radius 2 is 2.00 bits per heavy atom. The highest BCUT2D eigenvalue weighted by Gasteiger charge is 2.10. The summed E-state index contributed by atoms with van der Waals surface area (Å²) in [5.41, 5.74) is 3.22. The fourth-order valence-electron chi connectivity index (χ4n) is 2.64. The van der Waals surface area contributed by atoms with Crippen molar-refractivity contribution in [2.45, 2.75) is 6.92 Å². The lowest BCUT2D eigenvalue weighted by Crippen LogP contribution is -2.11. The largest absolute Gasteiger partial charge is 0.322 e. The summed E-state index contributed by atoms with van der Waals surface area (Å²) in [6.45, 7) is 2.07. The Labute approximate surface area is 157 Å². The number of nitrogens with zero attached hydrogens (tertiary/aromatic N) is 2. The number of aromatic nitrogens is 2. The number of halogens is 1. The summed E-state index contributed by atoms with van der Waals surface area (Å²) in [5, 5.41) is 2.94. The van der Waals surface area contributed by atoms with Crippen LogP contribution in [-0.4, -0.2) is 15.3 Å². The third-order valence-corrected chi connectivity index (χ3v) is 5.18. The zero-order valence-electron chi connectivity index (χ0n) is 13.4. The average Bonchev–Trinajstić information content (AvgIpc) is 3.12. The van der Waals surface area contributed by atoms with Crippen molar-refractivity contribution < 1.29 is 4.79 Å². The number of thiazole rings is 1. The third-order valence-electron chi connectivity index (χ3n) is 3.77. The van der Waals surface area contributed by atoms with Gasteiger partial charge >= 0.3 is 0 Å². The number of fused-ring (bicyclic) bond motifs is 1. The van der Waals surface area contributed by atoms with Crippen LogP contribution >= 0.6 is 27.3 Å². The molecule has 0 fully saturated rings. The van der Waals surface area contributed by atoms with Crippen molar-refractivity contribution in [3.63, 3.8) is 0 Å². The van der Waals surface area contributed by atoms with Crippen molar-refractivity contribution >= 4 is 43.8 Å². The zero-order chi connectivity index (χ0) is 17.4. The van der Waals surface area contributed by atoms with E-state index in [1.165, 1.54) is 4.88 Å². The van der Waals surface area contributed by atoms with Gasteiger partial charge in [-0.1, -0.05) is 34.1 Å². The number of rotatable bonds is 3. The van der Waals surface area contributed by atoms with Crippen molar-refractivity contribution in [1.29, 1.82) is 0 Å². The van der Waals surface area contributed by atoms with Gasteiger partial charge in [-0.05, 0) is 37.3 Å². The molecule has 2 aromatic heterocycles. The minimum Gasteiger partial charge on any atom is -0.322 e. The van der Waals surface area contributed by atoms with Gasteiger partial charge in [0, 0.05) is 38.6 Å². The smallest absolute Gasteiger partial charge is 0.255 e. The number of amides is 1. The minimum atomic E-state index is -0.139. The van der Waals surface area contributed by atoms with Gasteiger partial charge in [0.05, 0.1) is 5.69 Å². The number of imidazole rings is 1. The molecule has 0 aliphatic heterocycles. The number of benzene rings is 2. The molecule has 124 valence electrons. The van der Waals surface area contributed by atoms with Crippen LogP contribution < -0.4 is 5.32 Å². The normalized spacial score (nSPS) is 11.0. The Morgan fingerprint density at radius 1 is 1.16 bits per heavy atom. The summed E-state index contributed by atoms with van der Waals surface area (Å²) >= 11 is 5.05. The molecular formula is C19H14BrN3OS. The predicted octanol–water partition coefficient (Wildman–Crippen LogP) is 5.39. The van der Waals surface area contributed by atoms with Crippen LogP contribution in [0, 0.1) is 6.92 Å².